The third kappa shape index (κ3) is 4.18. The predicted molar refractivity (Wildman–Crippen MR) is 115 cm³/mol. The van der Waals surface area contributed by atoms with Crippen molar-refractivity contribution in [2.75, 3.05) is 24.5 Å². The van der Waals surface area contributed by atoms with Crippen molar-refractivity contribution < 1.29 is 13.9 Å². The van der Waals surface area contributed by atoms with Crippen LogP contribution in [0.5, 0.6) is 0 Å². The first-order valence-corrected chi connectivity index (χ1v) is 10.7. The van der Waals surface area contributed by atoms with Gasteiger partial charge in [-0.15, -0.1) is 0 Å². The summed E-state index contributed by atoms with van der Waals surface area (Å²) in [5.74, 6) is 0. The third-order valence-corrected chi connectivity index (χ3v) is 5.46. The number of aromatic nitrogens is 2. The van der Waals surface area contributed by atoms with Gasteiger partial charge in [-0.05, 0) is 57.4 Å². The molecule has 7 nitrogen and oxygen atoms in total. The zero-order valence-corrected chi connectivity index (χ0v) is 18.4. The highest BCUT2D eigenvalue weighted by Gasteiger charge is 2.32. The Bertz CT molecular complexity index is 1030. The monoisotopic (exact) mass is 434 g/mol. The molecule has 1 aliphatic rings. The minimum atomic E-state index is -0.511. The third-order valence-electron chi connectivity index (χ3n) is 4.68. The van der Waals surface area contributed by atoms with Crippen molar-refractivity contribution in [1.29, 1.82) is 0 Å². The molecule has 1 unspecified atom stereocenters. The summed E-state index contributed by atoms with van der Waals surface area (Å²) in [4.78, 5) is 20.8. The highest BCUT2D eigenvalue weighted by molar-refractivity contribution is 7.03. The minimum Gasteiger partial charge on any atom is -0.444 e. The van der Waals surface area contributed by atoms with Gasteiger partial charge in [0.25, 0.3) is 6.01 Å². The van der Waals surface area contributed by atoms with E-state index in [2.05, 4.69) is 14.3 Å². The molecule has 4 rings (SSSR count). The van der Waals surface area contributed by atoms with Gasteiger partial charge >= 0.3 is 6.09 Å². The number of piperazine rings is 1. The second-order valence-electron chi connectivity index (χ2n) is 8.15. The van der Waals surface area contributed by atoms with Gasteiger partial charge in [-0.1, -0.05) is 11.6 Å². The number of fused-ring (bicyclic) bond motifs is 1. The SMILES string of the molecule is CC1CN(C(=O)OC(C)(C)C)CCN1c1nc2cc(Cl)cc(-c3ccsn3)c2o1. The first-order chi connectivity index (χ1) is 13.7. The highest BCUT2D eigenvalue weighted by Crippen LogP contribution is 2.35. The van der Waals surface area contributed by atoms with Gasteiger partial charge < -0.3 is 19.0 Å². The number of amides is 1. The maximum absolute atomic E-state index is 12.4. The van der Waals surface area contributed by atoms with E-state index in [1.807, 2.05) is 45.2 Å². The van der Waals surface area contributed by atoms with Crippen molar-refractivity contribution >= 4 is 46.3 Å². The summed E-state index contributed by atoms with van der Waals surface area (Å²) < 4.78 is 16.0. The van der Waals surface area contributed by atoms with E-state index in [9.17, 15) is 4.79 Å². The molecule has 9 heteroatoms. The maximum Gasteiger partial charge on any atom is 0.410 e. The number of carbonyl (C=O) groups is 1. The molecule has 1 amide bonds. The Morgan fingerprint density at radius 3 is 2.79 bits per heavy atom. The number of nitrogens with zero attached hydrogens (tertiary/aromatic N) is 4. The van der Waals surface area contributed by atoms with Gasteiger partial charge in [0, 0.05) is 41.6 Å². The Hall–Kier alpha value is -2.32. The molecule has 1 saturated heterocycles. The Morgan fingerprint density at radius 2 is 2.14 bits per heavy atom. The number of anilines is 1. The Morgan fingerprint density at radius 1 is 1.34 bits per heavy atom. The largest absolute Gasteiger partial charge is 0.444 e. The Labute approximate surface area is 178 Å². The van der Waals surface area contributed by atoms with Crippen molar-refractivity contribution in [1.82, 2.24) is 14.3 Å². The number of hydrogen-bond donors (Lipinski definition) is 0. The van der Waals surface area contributed by atoms with E-state index in [1.165, 1.54) is 11.5 Å². The van der Waals surface area contributed by atoms with Crippen molar-refractivity contribution in [2.45, 2.75) is 39.3 Å². The number of benzene rings is 1. The summed E-state index contributed by atoms with van der Waals surface area (Å²) in [6.07, 6.45) is -0.292. The molecule has 1 aliphatic heterocycles. The molecule has 2 aromatic heterocycles. The molecule has 1 aromatic carbocycles. The molecule has 0 bridgehead atoms. The summed E-state index contributed by atoms with van der Waals surface area (Å²) in [7, 11) is 0. The normalized spacial score (nSPS) is 17.8. The fraction of sp³-hybridized carbons (Fsp3) is 0.450. The molecule has 29 heavy (non-hydrogen) atoms. The fourth-order valence-corrected chi connectivity index (χ4v) is 4.12. The Balaban J connectivity index is 1.58. The lowest BCUT2D eigenvalue weighted by Crippen LogP contribution is -2.54. The zero-order valence-electron chi connectivity index (χ0n) is 16.8. The van der Waals surface area contributed by atoms with E-state index in [4.69, 9.17) is 20.8 Å². The molecule has 0 aliphatic carbocycles. The maximum atomic E-state index is 12.4. The molecule has 3 heterocycles. The van der Waals surface area contributed by atoms with Crippen molar-refractivity contribution in [3.63, 3.8) is 0 Å². The molecular weight excluding hydrogens is 412 g/mol. The molecule has 3 aromatic rings. The van der Waals surface area contributed by atoms with E-state index in [1.54, 1.807) is 11.0 Å². The number of carbonyl (C=O) groups excluding carboxylic acids is 1. The van der Waals surface area contributed by atoms with Crippen LogP contribution in [0.25, 0.3) is 22.4 Å². The number of oxazole rings is 1. The van der Waals surface area contributed by atoms with E-state index in [-0.39, 0.29) is 12.1 Å². The number of ether oxygens (including phenoxy) is 1. The molecule has 0 saturated carbocycles. The second-order valence-corrected chi connectivity index (χ2v) is 9.25. The van der Waals surface area contributed by atoms with Gasteiger partial charge in [-0.2, -0.15) is 9.36 Å². The van der Waals surface area contributed by atoms with Crippen LogP contribution >= 0.6 is 23.1 Å². The number of halogens is 1. The van der Waals surface area contributed by atoms with E-state index >= 15 is 0 Å². The van der Waals surface area contributed by atoms with E-state index in [0.717, 1.165) is 11.3 Å². The summed E-state index contributed by atoms with van der Waals surface area (Å²) in [5.41, 5.74) is 2.48. The van der Waals surface area contributed by atoms with Gasteiger partial charge in [0.05, 0.1) is 5.69 Å². The molecule has 0 N–H and O–H groups in total. The zero-order chi connectivity index (χ0) is 20.8. The molecule has 1 fully saturated rings. The average molecular weight is 435 g/mol. The van der Waals surface area contributed by atoms with Gasteiger partial charge in [0.2, 0.25) is 0 Å². The van der Waals surface area contributed by atoms with Crippen molar-refractivity contribution in [3.8, 4) is 11.3 Å². The quantitative estimate of drug-likeness (QED) is 0.562. The Kier molecular flexibility index (Phi) is 5.16. The lowest BCUT2D eigenvalue weighted by Gasteiger charge is -2.39. The van der Waals surface area contributed by atoms with Crippen molar-refractivity contribution in [2.24, 2.45) is 0 Å². The molecular formula is C20H23ClN4O3S. The van der Waals surface area contributed by atoms with E-state index < -0.39 is 5.60 Å². The standard InChI is InChI=1S/C20H23ClN4O3S/c1-12-11-24(19(26)28-20(2,3)4)6-7-25(12)18-22-16-10-13(21)9-14(17(16)27-18)15-5-8-29-23-15/h5,8-10,12H,6-7,11H2,1-4H3. The van der Waals surface area contributed by atoms with Crippen LogP contribution in [-0.2, 0) is 4.74 Å². The number of rotatable bonds is 2. The molecule has 0 radical (unpaired) electrons. The van der Waals surface area contributed by atoms with Crippen LogP contribution in [-0.4, -0.2) is 51.6 Å². The van der Waals surface area contributed by atoms with Gasteiger partial charge in [-0.3, -0.25) is 0 Å². The molecule has 0 spiro atoms. The van der Waals surface area contributed by atoms with Crippen LogP contribution in [0.1, 0.15) is 27.7 Å². The highest BCUT2D eigenvalue weighted by atomic mass is 35.5. The van der Waals surface area contributed by atoms with Gasteiger partial charge in [0.1, 0.15) is 11.1 Å². The van der Waals surface area contributed by atoms with Gasteiger partial charge in [0.15, 0.2) is 5.58 Å². The topological polar surface area (TPSA) is 71.7 Å². The smallest absolute Gasteiger partial charge is 0.410 e. The van der Waals surface area contributed by atoms with Crippen LogP contribution in [0.4, 0.5) is 10.8 Å². The fourth-order valence-electron chi connectivity index (χ4n) is 3.39. The lowest BCUT2D eigenvalue weighted by atomic mass is 10.1. The average Bonchev–Trinajstić information content (AvgIpc) is 3.29. The second kappa shape index (κ2) is 7.50. The summed E-state index contributed by atoms with van der Waals surface area (Å²) >= 11 is 7.67. The van der Waals surface area contributed by atoms with Crippen LogP contribution < -0.4 is 4.90 Å². The summed E-state index contributed by atoms with van der Waals surface area (Å²) in [6, 6.07) is 6.12. The lowest BCUT2D eigenvalue weighted by molar-refractivity contribution is 0.0216. The predicted octanol–water partition coefficient (Wildman–Crippen LogP) is 5.05. The summed E-state index contributed by atoms with van der Waals surface area (Å²) in [6.45, 7) is 9.33. The van der Waals surface area contributed by atoms with Crippen LogP contribution in [0.15, 0.2) is 28.0 Å². The van der Waals surface area contributed by atoms with Crippen LogP contribution in [0, 0.1) is 0 Å². The van der Waals surface area contributed by atoms with Gasteiger partial charge in [-0.25, -0.2) is 4.79 Å². The van der Waals surface area contributed by atoms with Crippen LogP contribution in [0.3, 0.4) is 0 Å². The number of hydrogen-bond acceptors (Lipinski definition) is 7. The first-order valence-electron chi connectivity index (χ1n) is 9.47. The van der Waals surface area contributed by atoms with E-state index in [0.29, 0.717) is 41.8 Å². The molecule has 154 valence electrons. The van der Waals surface area contributed by atoms with Crippen LogP contribution in [0.2, 0.25) is 5.02 Å². The summed E-state index contributed by atoms with van der Waals surface area (Å²) in [5, 5.41) is 2.50. The van der Waals surface area contributed by atoms with Crippen molar-refractivity contribution in [3.05, 3.63) is 28.6 Å². The molecule has 1 atom stereocenters. The minimum absolute atomic E-state index is 0.0301. The first kappa shape index (κ1) is 20.0.